The monoisotopic (exact) mass is 174 g/mol. The molecule has 0 saturated heterocycles. The van der Waals surface area contributed by atoms with Gasteiger partial charge in [-0.2, -0.15) is 0 Å². The van der Waals surface area contributed by atoms with Gasteiger partial charge in [-0.1, -0.05) is 0 Å². The molecule has 0 atom stereocenters. The first-order valence-corrected chi connectivity index (χ1v) is 3.52. The summed E-state index contributed by atoms with van der Waals surface area (Å²) < 4.78 is 2.05. The van der Waals surface area contributed by atoms with Crippen molar-refractivity contribution >= 4 is 12.4 Å². The Morgan fingerprint density at radius 3 is 2.64 bits per heavy atom. The van der Waals surface area contributed by atoms with Gasteiger partial charge in [0.15, 0.2) is 0 Å². The van der Waals surface area contributed by atoms with Gasteiger partial charge in [-0.25, -0.2) is 4.98 Å². The van der Waals surface area contributed by atoms with Crippen LogP contribution in [0, 0.1) is 0 Å². The van der Waals surface area contributed by atoms with Gasteiger partial charge in [0.25, 0.3) is 0 Å². The highest BCUT2D eigenvalue weighted by Gasteiger charge is 2.27. The summed E-state index contributed by atoms with van der Waals surface area (Å²) in [6.45, 7) is 0. The Kier molecular flexibility index (Phi) is 2.52. The van der Waals surface area contributed by atoms with Crippen molar-refractivity contribution in [2.45, 2.75) is 25.0 Å². The minimum absolute atomic E-state index is 0. The van der Waals surface area contributed by atoms with E-state index in [1.54, 1.807) is 12.5 Å². The third kappa shape index (κ3) is 1.54. The van der Waals surface area contributed by atoms with Crippen LogP contribution in [0.5, 0.6) is 0 Å². The van der Waals surface area contributed by atoms with Gasteiger partial charge in [0.2, 0.25) is 0 Å². The average Bonchev–Trinajstić information content (AvgIpc) is 2.31. The van der Waals surface area contributed by atoms with Gasteiger partial charge in [0.05, 0.1) is 12.4 Å². The average molecular weight is 175 g/mol. The summed E-state index contributed by atoms with van der Waals surface area (Å²) in [5.41, 5.74) is 0. The predicted octanol–water partition coefficient (Wildman–Crippen LogP) is 1.00. The van der Waals surface area contributed by atoms with E-state index >= 15 is 0 Å². The molecule has 1 fully saturated rings. The summed E-state index contributed by atoms with van der Waals surface area (Å²) in [6, 6.07) is 0.498. The Bertz CT molecular complexity index is 206. The van der Waals surface area contributed by atoms with Crippen LogP contribution in [-0.4, -0.2) is 20.8 Å². The SMILES string of the molecule is Cl.OC1CC(n2ccnc2)C1. The van der Waals surface area contributed by atoms with Crippen molar-refractivity contribution in [1.29, 1.82) is 0 Å². The Balaban J connectivity index is 0.000000605. The molecule has 0 spiro atoms. The molecule has 1 aliphatic rings. The summed E-state index contributed by atoms with van der Waals surface area (Å²) in [6.07, 6.45) is 7.21. The van der Waals surface area contributed by atoms with Gasteiger partial charge in [-0.05, 0) is 12.8 Å². The number of imidazole rings is 1. The molecule has 1 aliphatic carbocycles. The second kappa shape index (κ2) is 3.24. The fraction of sp³-hybridized carbons (Fsp3) is 0.571. The van der Waals surface area contributed by atoms with E-state index in [-0.39, 0.29) is 18.5 Å². The Morgan fingerprint density at radius 2 is 2.18 bits per heavy atom. The number of halogens is 1. The molecule has 1 saturated carbocycles. The predicted molar refractivity (Wildman–Crippen MR) is 43.8 cm³/mol. The highest BCUT2D eigenvalue weighted by molar-refractivity contribution is 5.85. The van der Waals surface area contributed by atoms with Crippen LogP contribution >= 0.6 is 12.4 Å². The second-order valence-corrected chi connectivity index (χ2v) is 2.79. The molecule has 1 N–H and O–H groups in total. The number of hydrogen-bond acceptors (Lipinski definition) is 2. The molecule has 62 valence electrons. The summed E-state index contributed by atoms with van der Waals surface area (Å²) >= 11 is 0. The normalized spacial score (nSPS) is 28.8. The Morgan fingerprint density at radius 1 is 1.45 bits per heavy atom. The smallest absolute Gasteiger partial charge is 0.0948 e. The maximum atomic E-state index is 8.98. The first-order valence-electron chi connectivity index (χ1n) is 3.52. The molecule has 2 rings (SSSR count). The van der Waals surface area contributed by atoms with Crippen molar-refractivity contribution in [2.75, 3.05) is 0 Å². The molecule has 11 heavy (non-hydrogen) atoms. The van der Waals surface area contributed by atoms with Crippen molar-refractivity contribution in [3.05, 3.63) is 18.7 Å². The van der Waals surface area contributed by atoms with E-state index < -0.39 is 0 Å². The van der Waals surface area contributed by atoms with E-state index in [9.17, 15) is 0 Å². The van der Waals surface area contributed by atoms with E-state index in [1.165, 1.54) is 0 Å². The zero-order valence-electron chi connectivity index (χ0n) is 6.05. The summed E-state index contributed by atoms with van der Waals surface area (Å²) in [5, 5.41) is 8.98. The second-order valence-electron chi connectivity index (χ2n) is 2.79. The quantitative estimate of drug-likeness (QED) is 0.690. The van der Waals surface area contributed by atoms with Crippen molar-refractivity contribution in [1.82, 2.24) is 9.55 Å². The van der Waals surface area contributed by atoms with E-state index in [0.29, 0.717) is 6.04 Å². The minimum Gasteiger partial charge on any atom is -0.393 e. The van der Waals surface area contributed by atoms with Crippen molar-refractivity contribution in [3.8, 4) is 0 Å². The lowest BCUT2D eigenvalue weighted by Crippen LogP contribution is -2.29. The summed E-state index contributed by atoms with van der Waals surface area (Å²) in [7, 11) is 0. The first kappa shape index (κ1) is 8.56. The van der Waals surface area contributed by atoms with E-state index in [1.807, 2.05) is 10.8 Å². The standard InChI is InChI=1S/C7H10N2O.ClH/c10-7-3-6(4-7)9-2-1-8-5-9;/h1-2,5-7,10H,3-4H2;1H. The van der Waals surface area contributed by atoms with Gasteiger partial charge < -0.3 is 9.67 Å². The van der Waals surface area contributed by atoms with Gasteiger partial charge in [0, 0.05) is 18.4 Å². The molecule has 1 heterocycles. The third-order valence-corrected chi connectivity index (χ3v) is 2.03. The molecule has 0 unspecified atom stereocenters. The lowest BCUT2D eigenvalue weighted by molar-refractivity contribution is 0.0485. The molecule has 4 heteroatoms. The van der Waals surface area contributed by atoms with Crippen molar-refractivity contribution < 1.29 is 5.11 Å². The van der Waals surface area contributed by atoms with E-state index in [0.717, 1.165) is 12.8 Å². The van der Waals surface area contributed by atoms with Crippen LogP contribution in [0.25, 0.3) is 0 Å². The maximum Gasteiger partial charge on any atom is 0.0948 e. The summed E-state index contributed by atoms with van der Waals surface area (Å²) in [4.78, 5) is 3.93. The van der Waals surface area contributed by atoms with Gasteiger partial charge >= 0.3 is 0 Å². The lowest BCUT2D eigenvalue weighted by Gasteiger charge is -2.32. The van der Waals surface area contributed by atoms with Crippen LogP contribution in [0.1, 0.15) is 18.9 Å². The maximum absolute atomic E-state index is 8.98. The fourth-order valence-corrected chi connectivity index (χ4v) is 1.29. The highest BCUT2D eigenvalue weighted by atomic mass is 35.5. The van der Waals surface area contributed by atoms with E-state index in [2.05, 4.69) is 4.98 Å². The van der Waals surface area contributed by atoms with Gasteiger partial charge in [-0.15, -0.1) is 12.4 Å². The number of hydrogen-bond donors (Lipinski definition) is 1. The topological polar surface area (TPSA) is 38.0 Å². The molecule has 0 radical (unpaired) electrons. The molecule has 1 aromatic rings. The van der Waals surface area contributed by atoms with Gasteiger partial charge in [-0.3, -0.25) is 0 Å². The zero-order chi connectivity index (χ0) is 6.97. The first-order chi connectivity index (χ1) is 4.86. The van der Waals surface area contributed by atoms with Gasteiger partial charge in [0.1, 0.15) is 0 Å². The number of aliphatic hydroxyl groups is 1. The van der Waals surface area contributed by atoms with Crippen LogP contribution in [0.3, 0.4) is 0 Å². The molecular formula is C7H11ClN2O. The zero-order valence-corrected chi connectivity index (χ0v) is 6.87. The van der Waals surface area contributed by atoms with Crippen LogP contribution in [0.2, 0.25) is 0 Å². The minimum atomic E-state index is -0.0765. The molecule has 3 nitrogen and oxygen atoms in total. The van der Waals surface area contributed by atoms with Crippen LogP contribution in [-0.2, 0) is 0 Å². The van der Waals surface area contributed by atoms with Crippen LogP contribution < -0.4 is 0 Å². The number of aliphatic hydroxyl groups excluding tert-OH is 1. The number of rotatable bonds is 1. The Labute approximate surface area is 71.5 Å². The van der Waals surface area contributed by atoms with E-state index in [4.69, 9.17) is 5.11 Å². The fourth-order valence-electron chi connectivity index (χ4n) is 1.29. The molecular weight excluding hydrogens is 164 g/mol. The number of aromatic nitrogens is 2. The molecule has 0 aliphatic heterocycles. The Hall–Kier alpha value is -0.540. The summed E-state index contributed by atoms with van der Waals surface area (Å²) in [5.74, 6) is 0. The highest BCUT2D eigenvalue weighted by Crippen LogP contribution is 2.31. The van der Waals surface area contributed by atoms with Crippen molar-refractivity contribution in [2.24, 2.45) is 0 Å². The molecule has 0 bridgehead atoms. The molecule has 0 aromatic carbocycles. The lowest BCUT2D eigenvalue weighted by atomic mass is 9.89. The van der Waals surface area contributed by atoms with Crippen LogP contribution in [0.15, 0.2) is 18.7 Å². The van der Waals surface area contributed by atoms with Crippen molar-refractivity contribution in [3.63, 3.8) is 0 Å². The molecule has 0 amide bonds. The largest absolute Gasteiger partial charge is 0.393 e. The van der Waals surface area contributed by atoms with Crippen LogP contribution in [0.4, 0.5) is 0 Å². The number of nitrogens with zero attached hydrogens (tertiary/aromatic N) is 2. The third-order valence-electron chi connectivity index (χ3n) is 2.03. The molecule has 1 aromatic heterocycles.